The summed E-state index contributed by atoms with van der Waals surface area (Å²) in [5, 5.41) is 11.8. The number of para-hydroxylation sites is 1. The van der Waals surface area contributed by atoms with Crippen molar-refractivity contribution in [2.24, 2.45) is 0 Å². The van der Waals surface area contributed by atoms with Gasteiger partial charge in [-0.05, 0) is 30.9 Å². The van der Waals surface area contributed by atoms with Gasteiger partial charge in [0.15, 0.2) is 0 Å². The van der Waals surface area contributed by atoms with Crippen molar-refractivity contribution >= 4 is 23.5 Å². The molecule has 2 amide bonds. The van der Waals surface area contributed by atoms with Crippen LogP contribution in [0.4, 0.5) is 10.5 Å². The number of ketones is 1. The number of benzene rings is 2. The van der Waals surface area contributed by atoms with Gasteiger partial charge in [0.05, 0.1) is 24.5 Å². The lowest BCUT2D eigenvalue weighted by atomic mass is 9.95. The Morgan fingerprint density at radius 3 is 2.47 bits per heavy atom. The summed E-state index contributed by atoms with van der Waals surface area (Å²) in [4.78, 5) is 40.2. The first-order chi connectivity index (χ1) is 21.0. The van der Waals surface area contributed by atoms with Gasteiger partial charge in [0.2, 0.25) is 5.91 Å². The number of Topliss-reactive ketones (excluding diaryl/α,β-unsaturated/α-hetero) is 1. The summed E-state index contributed by atoms with van der Waals surface area (Å²) in [5.74, 6) is -0.0588. The van der Waals surface area contributed by atoms with Gasteiger partial charge in [0.1, 0.15) is 18.1 Å². The lowest BCUT2D eigenvalue weighted by Gasteiger charge is -2.28. The average Bonchev–Trinajstić information content (AvgIpc) is 3.43. The third-order valence-corrected chi connectivity index (χ3v) is 7.38. The predicted octanol–water partition coefficient (Wildman–Crippen LogP) is 5.93. The first-order valence-electron chi connectivity index (χ1n) is 15.4. The number of amides is 2. The molecule has 0 radical (unpaired) electrons. The Balaban J connectivity index is 1.53. The van der Waals surface area contributed by atoms with Crippen LogP contribution < -0.4 is 10.2 Å². The Morgan fingerprint density at radius 2 is 1.65 bits per heavy atom. The normalized spacial score (nSPS) is 12.0. The molecule has 0 atom stereocenters. The number of hydrogen-bond donors (Lipinski definition) is 1. The number of carbonyl (C=O) groups excluding carboxylic acids is 3. The minimum Gasteiger partial charge on any atom is -0.448 e. The molecule has 3 aromatic rings. The molecular weight excluding hydrogens is 546 g/mol. The van der Waals surface area contributed by atoms with Crippen molar-refractivity contribution in [1.82, 2.24) is 20.3 Å². The number of fused-ring (bicyclic) bond motifs is 5. The summed E-state index contributed by atoms with van der Waals surface area (Å²) >= 11 is 0. The van der Waals surface area contributed by atoms with Crippen LogP contribution in [0.2, 0.25) is 0 Å². The van der Waals surface area contributed by atoms with E-state index >= 15 is 0 Å². The summed E-state index contributed by atoms with van der Waals surface area (Å²) in [6.45, 7) is 6.76. The Labute approximate surface area is 253 Å². The second-order valence-corrected chi connectivity index (χ2v) is 10.7. The molecule has 0 saturated carbocycles. The van der Waals surface area contributed by atoms with Crippen molar-refractivity contribution in [2.75, 3.05) is 31.3 Å². The minimum atomic E-state index is -0.454. The molecule has 1 aliphatic heterocycles. The summed E-state index contributed by atoms with van der Waals surface area (Å²) in [6, 6.07) is 15.5. The number of rotatable bonds is 16. The van der Waals surface area contributed by atoms with Crippen LogP contribution in [0, 0.1) is 0 Å². The molecule has 0 aliphatic carbocycles. The van der Waals surface area contributed by atoms with Crippen LogP contribution in [0.1, 0.15) is 70.8 Å². The van der Waals surface area contributed by atoms with Gasteiger partial charge < -0.3 is 19.7 Å². The topological polar surface area (TPSA) is 116 Å². The van der Waals surface area contributed by atoms with Crippen molar-refractivity contribution in [1.29, 1.82) is 0 Å². The van der Waals surface area contributed by atoms with Crippen molar-refractivity contribution in [3.05, 3.63) is 54.1 Å². The molecule has 4 rings (SSSR count). The SMILES string of the molecule is CCCCCNC(=O)OCCn1nnc2c1-c1ccccc1N(C(=O)CCC(=O)CCCOCCC)Cc1ccccc1-2. The number of ether oxygens (including phenoxy) is 2. The number of carbonyl (C=O) groups is 3. The van der Waals surface area contributed by atoms with Gasteiger partial charge in [0.25, 0.3) is 0 Å². The van der Waals surface area contributed by atoms with Crippen LogP contribution >= 0.6 is 0 Å². The quantitative estimate of drug-likeness (QED) is 0.206. The highest BCUT2D eigenvalue weighted by Gasteiger charge is 2.29. The molecule has 10 heteroatoms. The molecule has 230 valence electrons. The lowest BCUT2D eigenvalue weighted by Crippen LogP contribution is -2.32. The first-order valence-corrected chi connectivity index (χ1v) is 15.4. The number of nitrogens with one attached hydrogen (secondary N) is 1. The molecule has 0 bridgehead atoms. The second-order valence-electron chi connectivity index (χ2n) is 10.7. The molecule has 2 aromatic carbocycles. The van der Waals surface area contributed by atoms with E-state index in [0.29, 0.717) is 51.4 Å². The maximum Gasteiger partial charge on any atom is 0.407 e. The Bertz CT molecular complexity index is 1370. The monoisotopic (exact) mass is 589 g/mol. The number of alkyl carbamates (subject to hydrolysis) is 1. The van der Waals surface area contributed by atoms with Gasteiger partial charge >= 0.3 is 6.09 Å². The molecule has 2 heterocycles. The van der Waals surface area contributed by atoms with Crippen molar-refractivity contribution in [2.45, 2.75) is 78.3 Å². The Hall–Kier alpha value is -4.05. The standard InChI is InChI=1S/C33H43N5O5/c1-3-5-10-19-34-33(41)43-23-20-38-32-28-15-8-9-16-29(28)37(24-25-12-6-7-14-27(25)31(32)35-36-38)30(40)18-17-26(39)13-11-22-42-21-4-2/h6-9,12,14-16H,3-5,10-11,13,17-24H2,1-2H3,(H,34,41). The number of nitrogens with zero attached hydrogens (tertiary/aromatic N) is 4. The summed E-state index contributed by atoms with van der Waals surface area (Å²) < 4.78 is 12.6. The summed E-state index contributed by atoms with van der Waals surface area (Å²) in [6.07, 6.45) is 4.92. The van der Waals surface area contributed by atoms with E-state index in [0.717, 1.165) is 53.8 Å². The largest absolute Gasteiger partial charge is 0.448 e. The van der Waals surface area contributed by atoms with E-state index in [4.69, 9.17) is 9.47 Å². The third-order valence-electron chi connectivity index (χ3n) is 7.38. The van der Waals surface area contributed by atoms with Crippen LogP contribution in [0.15, 0.2) is 48.5 Å². The predicted molar refractivity (Wildman–Crippen MR) is 166 cm³/mol. The maximum absolute atomic E-state index is 13.7. The van der Waals surface area contributed by atoms with Gasteiger partial charge in [-0.25, -0.2) is 9.48 Å². The highest BCUT2D eigenvalue weighted by Crippen LogP contribution is 2.41. The Morgan fingerprint density at radius 1 is 0.860 bits per heavy atom. The summed E-state index contributed by atoms with van der Waals surface area (Å²) in [5.41, 5.74) is 4.79. The summed E-state index contributed by atoms with van der Waals surface area (Å²) in [7, 11) is 0. The van der Waals surface area contributed by atoms with Gasteiger partial charge in [-0.1, -0.05) is 74.4 Å². The van der Waals surface area contributed by atoms with E-state index in [1.807, 2.05) is 48.5 Å². The molecule has 0 unspecified atom stereocenters. The van der Waals surface area contributed by atoms with Crippen molar-refractivity contribution in [3.8, 4) is 22.5 Å². The molecule has 43 heavy (non-hydrogen) atoms. The van der Waals surface area contributed by atoms with Crippen LogP contribution in [0.5, 0.6) is 0 Å². The van der Waals surface area contributed by atoms with E-state index < -0.39 is 6.09 Å². The van der Waals surface area contributed by atoms with E-state index in [1.165, 1.54) is 0 Å². The van der Waals surface area contributed by atoms with Crippen molar-refractivity contribution < 1.29 is 23.9 Å². The number of aromatic nitrogens is 3. The van der Waals surface area contributed by atoms with Crippen LogP contribution in [-0.4, -0.2) is 59.1 Å². The maximum atomic E-state index is 13.7. The number of anilines is 1. The zero-order valence-corrected chi connectivity index (χ0v) is 25.3. The van der Waals surface area contributed by atoms with Gasteiger partial charge in [0, 0.05) is 50.1 Å². The number of hydrogen-bond acceptors (Lipinski definition) is 7. The van der Waals surface area contributed by atoms with E-state index in [2.05, 4.69) is 29.5 Å². The first kappa shape index (κ1) is 31.9. The number of unbranched alkanes of at least 4 members (excludes halogenated alkanes) is 2. The zero-order chi connectivity index (χ0) is 30.4. The minimum absolute atomic E-state index is 0.0631. The molecular formula is C33H43N5O5. The zero-order valence-electron chi connectivity index (χ0n) is 25.3. The molecule has 10 nitrogen and oxygen atoms in total. The van der Waals surface area contributed by atoms with E-state index in [-0.39, 0.29) is 31.1 Å². The van der Waals surface area contributed by atoms with Crippen LogP contribution in [0.25, 0.3) is 22.5 Å². The van der Waals surface area contributed by atoms with Gasteiger partial charge in [-0.15, -0.1) is 5.10 Å². The van der Waals surface area contributed by atoms with Gasteiger partial charge in [-0.2, -0.15) is 0 Å². The fourth-order valence-corrected chi connectivity index (χ4v) is 5.16. The van der Waals surface area contributed by atoms with Crippen LogP contribution in [0.3, 0.4) is 0 Å². The molecule has 1 aromatic heterocycles. The second kappa shape index (κ2) is 16.6. The van der Waals surface area contributed by atoms with E-state index in [9.17, 15) is 14.4 Å². The molecule has 0 fully saturated rings. The van der Waals surface area contributed by atoms with Crippen LogP contribution in [-0.2, 0) is 32.2 Å². The lowest BCUT2D eigenvalue weighted by molar-refractivity contribution is -0.124. The third kappa shape index (κ3) is 8.73. The molecule has 0 saturated heterocycles. The highest BCUT2D eigenvalue weighted by molar-refractivity contribution is 6.01. The van der Waals surface area contributed by atoms with Gasteiger partial charge in [-0.3, -0.25) is 9.59 Å². The highest BCUT2D eigenvalue weighted by atomic mass is 16.5. The Kier molecular flexibility index (Phi) is 12.3. The fraction of sp³-hybridized carbons (Fsp3) is 0.485. The van der Waals surface area contributed by atoms with Crippen molar-refractivity contribution in [3.63, 3.8) is 0 Å². The average molecular weight is 590 g/mol. The smallest absolute Gasteiger partial charge is 0.407 e. The van der Waals surface area contributed by atoms with E-state index in [1.54, 1.807) is 9.58 Å². The molecule has 0 spiro atoms. The fourth-order valence-electron chi connectivity index (χ4n) is 5.16. The molecule has 1 aliphatic rings. The molecule has 1 N–H and O–H groups in total.